The van der Waals surface area contributed by atoms with Gasteiger partial charge in [0.2, 0.25) is 5.91 Å². The van der Waals surface area contributed by atoms with E-state index in [1.54, 1.807) is 11.8 Å². The van der Waals surface area contributed by atoms with Crippen LogP contribution >= 0.6 is 23.5 Å². The average Bonchev–Trinajstić information content (AvgIpc) is 3.30. The summed E-state index contributed by atoms with van der Waals surface area (Å²) in [6.07, 6.45) is 1.09. The molecule has 1 unspecified atom stereocenters. The summed E-state index contributed by atoms with van der Waals surface area (Å²) in [5.74, 6) is -0.0465. The minimum absolute atomic E-state index is 0.0519. The van der Waals surface area contributed by atoms with Crippen LogP contribution in [0.15, 0.2) is 40.3 Å². The predicted molar refractivity (Wildman–Crippen MR) is 119 cm³/mol. The molecule has 0 bridgehead atoms. The molecule has 29 heavy (non-hydrogen) atoms. The summed E-state index contributed by atoms with van der Waals surface area (Å²) in [5, 5.41) is 10.6. The van der Waals surface area contributed by atoms with Crippen LogP contribution in [0, 0.1) is 5.92 Å². The Hall–Kier alpha value is -1.28. The van der Waals surface area contributed by atoms with E-state index in [2.05, 4.69) is 4.90 Å². The van der Waals surface area contributed by atoms with Crippen molar-refractivity contribution < 1.29 is 14.7 Å². The van der Waals surface area contributed by atoms with Crippen LogP contribution in [0.1, 0.15) is 44.0 Å². The number of hydrogen-bond acceptors (Lipinski definition) is 6. The van der Waals surface area contributed by atoms with Gasteiger partial charge in [0, 0.05) is 29.6 Å². The molecule has 2 saturated heterocycles. The van der Waals surface area contributed by atoms with Crippen molar-refractivity contribution in [3.8, 4) is 0 Å². The molecule has 0 aromatic heterocycles. The van der Waals surface area contributed by atoms with Gasteiger partial charge in [0.25, 0.3) is 0 Å². The van der Waals surface area contributed by atoms with E-state index in [-0.39, 0.29) is 29.0 Å². The summed E-state index contributed by atoms with van der Waals surface area (Å²) in [6.45, 7) is 7.72. The number of amides is 1. The van der Waals surface area contributed by atoms with Crippen LogP contribution in [0.3, 0.4) is 0 Å². The maximum atomic E-state index is 12.8. The third-order valence-corrected chi connectivity index (χ3v) is 9.30. The molecular formula is C22H28N2O3S2. The van der Waals surface area contributed by atoms with Gasteiger partial charge in [0.15, 0.2) is 5.78 Å². The molecule has 156 valence electrons. The number of benzene rings is 1. The summed E-state index contributed by atoms with van der Waals surface area (Å²) in [5.41, 5.74) is 1.80. The van der Waals surface area contributed by atoms with Gasteiger partial charge >= 0.3 is 0 Å². The predicted octanol–water partition coefficient (Wildman–Crippen LogP) is 3.56. The number of hydrogen-bond donors (Lipinski definition) is 1. The molecule has 2 fully saturated rings. The molecule has 1 amide bonds. The molecule has 4 rings (SSSR count). The molecule has 7 heteroatoms. The van der Waals surface area contributed by atoms with Crippen molar-refractivity contribution in [2.45, 2.75) is 56.4 Å². The van der Waals surface area contributed by atoms with Gasteiger partial charge in [0.1, 0.15) is 5.37 Å². The van der Waals surface area contributed by atoms with Crippen molar-refractivity contribution in [2.75, 3.05) is 13.1 Å². The highest BCUT2D eigenvalue weighted by molar-refractivity contribution is 8.23. The van der Waals surface area contributed by atoms with Gasteiger partial charge in [-0.1, -0.05) is 49.0 Å². The minimum atomic E-state index is -0.555. The Bertz CT molecular complexity index is 829. The summed E-state index contributed by atoms with van der Waals surface area (Å²) >= 11 is 3.56. The Morgan fingerprint density at radius 3 is 2.76 bits per heavy atom. The minimum Gasteiger partial charge on any atom is -0.392 e. The number of ketones is 1. The van der Waals surface area contributed by atoms with Crippen LogP contribution in [0.5, 0.6) is 0 Å². The quantitative estimate of drug-likeness (QED) is 0.525. The number of allylic oxidation sites excluding steroid dienone is 1. The SMILES string of the molecule is CC[C@H](O)[C@@H]1C(=O)N2C(C)=C(S[C@H]3CCN(C(C)C(=O)c4ccccc4)C3)S[C@H]12. The van der Waals surface area contributed by atoms with Crippen molar-refractivity contribution in [2.24, 2.45) is 5.92 Å². The van der Waals surface area contributed by atoms with Gasteiger partial charge in [-0.05, 0) is 26.7 Å². The average molecular weight is 433 g/mol. The molecule has 5 atom stereocenters. The maximum Gasteiger partial charge on any atom is 0.236 e. The second-order valence-electron chi connectivity index (χ2n) is 8.02. The fourth-order valence-electron chi connectivity index (χ4n) is 4.35. The van der Waals surface area contributed by atoms with Gasteiger partial charge in [0.05, 0.1) is 22.3 Å². The number of aliphatic hydroxyl groups is 1. The number of rotatable bonds is 7. The number of carbonyl (C=O) groups is 2. The highest BCUT2D eigenvalue weighted by Crippen LogP contribution is 2.55. The van der Waals surface area contributed by atoms with E-state index >= 15 is 0 Å². The second-order valence-corrected chi connectivity index (χ2v) is 10.7. The third-order valence-electron chi connectivity index (χ3n) is 6.24. The fraction of sp³-hybridized carbons (Fsp3) is 0.545. The largest absolute Gasteiger partial charge is 0.392 e. The molecule has 1 N–H and O–H groups in total. The summed E-state index contributed by atoms with van der Waals surface area (Å²) in [6, 6.07) is 9.38. The second kappa shape index (κ2) is 8.46. The monoisotopic (exact) mass is 432 g/mol. The van der Waals surface area contributed by atoms with Crippen LogP contribution in [0.25, 0.3) is 0 Å². The highest BCUT2D eigenvalue weighted by Gasteiger charge is 2.55. The summed E-state index contributed by atoms with van der Waals surface area (Å²) < 4.78 is 1.20. The van der Waals surface area contributed by atoms with Crippen molar-refractivity contribution >= 4 is 35.2 Å². The normalized spacial score (nSPS) is 29.0. The van der Waals surface area contributed by atoms with Crippen LogP contribution in [0.2, 0.25) is 0 Å². The van der Waals surface area contributed by atoms with E-state index in [1.165, 1.54) is 4.24 Å². The Kier molecular flexibility index (Phi) is 6.11. The Balaban J connectivity index is 1.35. The van der Waals surface area contributed by atoms with E-state index in [4.69, 9.17) is 0 Å². The molecule has 3 aliphatic heterocycles. The first kappa shape index (κ1) is 21.0. The van der Waals surface area contributed by atoms with Crippen molar-refractivity contribution in [3.05, 3.63) is 45.8 Å². The van der Waals surface area contributed by atoms with Crippen LogP contribution in [-0.4, -0.2) is 62.5 Å². The molecule has 1 aromatic rings. The molecule has 0 spiro atoms. The van der Waals surface area contributed by atoms with E-state index in [0.29, 0.717) is 11.7 Å². The Morgan fingerprint density at radius 1 is 1.34 bits per heavy atom. The van der Waals surface area contributed by atoms with Crippen molar-refractivity contribution in [1.82, 2.24) is 9.80 Å². The van der Waals surface area contributed by atoms with Crippen LogP contribution < -0.4 is 0 Å². The molecule has 3 aliphatic rings. The van der Waals surface area contributed by atoms with Gasteiger partial charge in [-0.2, -0.15) is 0 Å². The number of nitrogens with zero attached hydrogens (tertiary/aromatic N) is 2. The molecule has 0 saturated carbocycles. The smallest absolute Gasteiger partial charge is 0.236 e. The first-order valence-corrected chi connectivity index (χ1v) is 12.1. The zero-order chi connectivity index (χ0) is 20.7. The number of carbonyl (C=O) groups excluding carboxylic acids is 2. The maximum absolute atomic E-state index is 12.8. The first-order valence-electron chi connectivity index (χ1n) is 10.3. The third kappa shape index (κ3) is 3.78. The Labute approximate surface area is 180 Å². The zero-order valence-electron chi connectivity index (χ0n) is 17.1. The van der Waals surface area contributed by atoms with E-state index < -0.39 is 6.10 Å². The lowest BCUT2D eigenvalue weighted by Gasteiger charge is -2.44. The molecule has 1 aromatic carbocycles. The highest BCUT2D eigenvalue weighted by atomic mass is 32.2. The number of likely N-dealkylation sites (tertiary alicyclic amines) is 1. The first-order chi connectivity index (χ1) is 13.9. The van der Waals surface area contributed by atoms with E-state index in [0.717, 1.165) is 30.8 Å². The lowest BCUT2D eigenvalue weighted by Crippen LogP contribution is -2.60. The number of β-lactam (4-membered cyclic amide) rings is 1. The zero-order valence-corrected chi connectivity index (χ0v) is 18.7. The molecule has 3 heterocycles. The van der Waals surface area contributed by atoms with Gasteiger partial charge < -0.3 is 10.0 Å². The number of thioether (sulfide) groups is 2. The Morgan fingerprint density at radius 2 is 2.07 bits per heavy atom. The van der Waals surface area contributed by atoms with Gasteiger partial charge in [-0.3, -0.25) is 14.5 Å². The van der Waals surface area contributed by atoms with Crippen molar-refractivity contribution in [1.29, 1.82) is 0 Å². The van der Waals surface area contributed by atoms with E-state index in [1.807, 2.05) is 67.8 Å². The molecule has 5 nitrogen and oxygen atoms in total. The fourth-order valence-corrected chi connectivity index (χ4v) is 7.63. The van der Waals surface area contributed by atoms with Crippen molar-refractivity contribution in [3.63, 3.8) is 0 Å². The molecular weight excluding hydrogens is 404 g/mol. The van der Waals surface area contributed by atoms with E-state index in [9.17, 15) is 14.7 Å². The number of fused-ring (bicyclic) bond motifs is 1. The summed E-state index contributed by atoms with van der Waals surface area (Å²) in [7, 11) is 0. The lowest BCUT2D eigenvalue weighted by atomic mass is 9.90. The number of Topliss-reactive ketones (excluding diaryl/α,β-unsaturated/α-hetero) is 1. The van der Waals surface area contributed by atoms with Gasteiger partial charge in [-0.15, -0.1) is 11.8 Å². The molecule has 0 radical (unpaired) electrons. The van der Waals surface area contributed by atoms with Crippen LogP contribution in [0.4, 0.5) is 0 Å². The topological polar surface area (TPSA) is 60.9 Å². The lowest BCUT2D eigenvalue weighted by molar-refractivity contribution is -0.153. The summed E-state index contributed by atoms with van der Waals surface area (Å²) in [4.78, 5) is 29.3. The number of aliphatic hydroxyl groups excluding tert-OH is 1. The van der Waals surface area contributed by atoms with Crippen LogP contribution in [-0.2, 0) is 4.79 Å². The van der Waals surface area contributed by atoms with Gasteiger partial charge in [-0.25, -0.2) is 0 Å². The standard InChI is InChI=1S/C22H28N2O3S2/c1-4-17(25)18-20(27)24-14(3)22(29-21(18)24)28-16-10-11-23(12-16)13(2)19(26)15-8-6-5-7-9-15/h5-9,13,16-18,21,25H,4,10-12H2,1-3H3/t13?,16-,17-,18+,21+/m0/s1. The molecule has 0 aliphatic carbocycles.